The molecule has 2 aliphatic rings. The number of ketones is 1. The van der Waals surface area contributed by atoms with Crippen LogP contribution in [-0.4, -0.2) is 48.6 Å². The molecule has 2 N–H and O–H groups in total. The standard InChI is InChI=1S/C14H18N2O3/c1-9(16-6-4-15-5-7-16)13-11(17)3-2-10-12(18)8-19-14(10)13/h2-3,9,15,17H,4-8H2,1H3/t9-/m1/s1. The van der Waals surface area contributed by atoms with E-state index in [1.54, 1.807) is 12.1 Å². The number of ether oxygens (including phenoxy) is 1. The van der Waals surface area contributed by atoms with Gasteiger partial charge in [-0.3, -0.25) is 9.69 Å². The predicted molar refractivity (Wildman–Crippen MR) is 70.8 cm³/mol. The number of hydrogen-bond donors (Lipinski definition) is 2. The number of hydrogen-bond acceptors (Lipinski definition) is 5. The third-order valence-corrected chi connectivity index (χ3v) is 3.94. The third kappa shape index (κ3) is 2.09. The summed E-state index contributed by atoms with van der Waals surface area (Å²) in [6.07, 6.45) is 0. The zero-order chi connectivity index (χ0) is 13.4. The second-order valence-electron chi connectivity index (χ2n) is 5.05. The molecule has 1 aromatic carbocycles. The molecule has 1 saturated heterocycles. The first-order chi connectivity index (χ1) is 9.18. The topological polar surface area (TPSA) is 61.8 Å². The van der Waals surface area contributed by atoms with Gasteiger partial charge >= 0.3 is 0 Å². The number of benzene rings is 1. The zero-order valence-corrected chi connectivity index (χ0v) is 11.0. The van der Waals surface area contributed by atoms with E-state index in [4.69, 9.17) is 4.74 Å². The minimum absolute atomic E-state index is 0.0104. The Bertz CT molecular complexity index is 510. The predicted octanol–water partition coefficient (Wildman–Crippen LogP) is 0.933. The van der Waals surface area contributed by atoms with Crippen LogP contribution in [-0.2, 0) is 0 Å². The van der Waals surface area contributed by atoms with Gasteiger partial charge in [-0.15, -0.1) is 0 Å². The summed E-state index contributed by atoms with van der Waals surface area (Å²) in [5.41, 5.74) is 1.33. The van der Waals surface area contributed by atoms with Gasteiger partial charge in [0.05, 0.1) is 11.1 Å². The molecular formula is C14H18N2O3. The first kappa shape index (κ1) is 12.4. The van der Waals surface area contributed by atoms with Gasteiger partial charge in [0.25, 0.3) is 0 Å². The number of carbonyl (C=O) groups excluding carboxylic acids is 1. The highest BCUT2D eigenvalue weighted by molar-refractivity contribution is 6.03. The number of aromatic hydroxyl groups is 1. The SMILES string of the molecule is C[C@H](c1c(O)ccc2c1OCC2=O)N1CCNCC1. The molecule has 5 nitrogen and oxygen atoms in total. The van der Waals surface area contributed by atoms with E-state index in [1.165, 1.54) is 0 Å². The fourth-order valence-electron chi connectivity index (χ4n) is 2.84. The Balaban J connectivity index is 1.97. The van der Waals surface area contributed by atoms with Crippen LogP contribution in [0.5, 0.6) is 11.5 Å². The lowest BCUT2D eigenvalue weighted by molar-refractivity contribution is 0.0960. The van der Waals surface area contributed by atoms with E-state index in [2.05, 4.69) is 10.2 Å². The summed E-state index contributed by atoms with van der Waals surface area (Å²) < 4.78 is 5.48. The number of piperazine rings is 1. The number of rotatable bonds is 2. The number of carbonyl (C=O) groups is 1. The minimum atomic E-state index is -0.0104. The van der Waals surface area contributed by atoms with Crippen LogP contribution in [0.2, 0.25) is 0 Å². The molecule has 1 fully saturated rings. The summed E-state index contributed by atoms with van der Waals surface area (Å²) in [4.78, 5) is 14.0. The molecule has 0 radical (unpaired) electrons. The van der Waals surface area contributed by atoms with E-state index in [-0.39, 0.29) is 24.2 Å². The van der Waals surface area contributed by atoms with Gasteiger partial charge in [-0.2, -0.15) is 0 Å². The van der Waals surface area contributed by atoms with Crippen molar-refractivity contribution in [2.45, 2.75) is 13.0 Å². The minimum Gasteiger partial charge on any atom is -0.507 e. The Morgan fingerprint density at radius 2 is 2.11 bits per heavy atom. The van der Waals surface area contributed by atoms with Crippen LogP contribution in [0.15, 0.2) is 12.1 Å². The largest absolute Gasteiger partial charge is 0.507 e. The van der Waals surface area contributed by atoms with Crippen LogP contribution in [0.1, 0.15) is 28.9 Å². The van der Waals surface area contributed by atoms with Crippen LogP contribution < -0.4 is 10.1 Å². The van der Waals surface area contributed by atoms with Crippen LogP contribution in [0.4, 0.5) is 0 Å². The van der Waals surface area contributed by atoms with Crippen LogP contribution in [0.25, 0.3) is 0 Å². The van der Waals surface area contributed by atoms with Gasteiger partial charge in [-0.25, -0.2) is 0 Å². The molecule has 1 atom stereocenters. The smallest absolute Gasteiger partial charge is 0.203 e. The first-order valence-electron chi connectivity index (χ1n) is 6.65. The lowest BCUT2D eigenvalue weighted by atomic mass is 9.99. The van der Waals surface area contributed by atoms with Crippen LogP contribution in [0, 0.1) is 0 Å². The van der Waals surface area contributed by atoms with Crippen molar-refractivity contribution in [3.8, 4) is 11.5 Å². The molecule has 0 aliphatic carbocycles. The van der Waals surface area contributed by atoms with E-state index in [0.717, 1.165) is 31.7 Å². The maximum Gasteiger partial charge on any atom is 0.203 e. The lowest BCUT2D eigenvalue weighted by Gasteiger charge is -2.33. The van der Waals surface area contributed by atoms with E-state index in [9.17, 15) is 9.90 Å². The summed E-state index contributed by atoms with van der Waals surface area (Å²) in [6.45, 7) is 5.88. The molecule has 1 aromatic rings. The Morgan fingerprint density at radius 1 is 1.37 bits per heavy atom. The van der Waals surface area contributed by atoms with Gasteiger partial charge in [0.15, 0.2) is 6.61 Å². The van der Waals surface area contributed by atoms with Gasteiger partial charge in [0.1, 0.15) is 11.5 Å². The van der Waals surface area contributed by atoms with E-state index < -0.39 is 0 Å². The zero-order valence-electron chi connectivity index (χ0n) is 11.0. The quantitative estimate of drug-likeness (QED) is 0.830. The lowest BCUT2D eigenvalue weighted by Crippen LogP contribution is -2.44. The number of phenols is 1. The van der Waals surface area contributed by atoms with E-state index >= 15 is 0 Å². The fourth-order valence-corrected chi connectivity index (χ4v) is 2.84. The molecule has 5 heteroatoms. The van der Waals surface area contributed by atoms with Crippen molar-refractivity contribution in [1.82, 2.24) is 10.2 Å². The number of nitrogens with one attached hydrogen (secondary N) is 1. The monoisotopic (exact) mass is 262 g/mol. The van der Waals surface area contributed by atoms with Gasteiger partial charge < -0.3 is 15.2 Å². The highest BCUT2D eigenvalue weighted by Crippen LogP contribution is 2.41. The maximum atomic E-state index is 11.7. The average Bonchev–Trinajstić information content (AvgIpc) is 2.80. The summed E-state index contributed by atoms with van der Waals surface area (Å²) in [5, 5.41) is 13.4. The average molecular weight is 262 g/mol. The van der Waals surface area contributed by atoms with Crippen molar-refractivity contribution in [2.75, 3.05) is 32.8 Å². The second-order valence-corrected chi connectivity index (χ2v) is 5.05. The van der Waals surface area contributed by atoms with E-state index in [1.807, 2.05) is 6.92 Å². The highest BCUT2D eigenvalue weighted by atomic mass is 16.5. The van der Waals surface area contributed by atoms with Gasteiger partial charge in [-0.05, 0) is 19.1 Å². The van der Waals surface area contributed by atoms with Crippen molar-refractivity contribution in [3.05, 3.63) is 23.3 Å². The van der Waals surface area contributed by atoms with Crippen molar-refractivity contribution in [2.24, 2.45) is 0 Å². The second kappa shape index (κ2) is 4.83. The molecular weight excluding hydrogens is 244 g/mol. The summed E-state index contributed by atoms with van der Waals surface area (Å²) in [6, 6.07) is 3.29. The van der Waals surface area contributed by atoms with Crippen molar-refractivity contribution in [1.29, 1.82) is 0 Å². The molecule has 0 aromatic heterocycles. The van der Waals surface area contributed by atoms with Gasteiger partial charge in [0, 0.05) is 32.2 Å². The number of fused-ring (bicyclic) bond motifs is 1. The molecule has 19 heavy (non-hydrogen) atoms. The molecule has 0 spiro atoms. The number of nitrogens with zero attached hydrogens (tertiary/aromatic N) is 1. The third-order valence-electron chi connectivity index (χ3n) is 3.94. The maximum absolute atomic E-state index is 11.7. The first-order valence-corrected chi connectivity index (χ1v) is 6.65. The van der Waals surface area contributed by atoms with Crippen molar-refractivity contribution >= 4 is 5.78 Å². The molecule has 3 rings (SSSR count). The Kier molecular flexibility index (Phi) is 3.16. The summed E-state index contributed by atoms with van der Waals surface area (Å²) in [7, 11) is 0. The summed E-state index contributed by atoms with van der Waals surface area (Å²) in [5.74, 6) is 0.763. The molecule has 0 saturated carbocycles. The molecule has 0 unspecified atom stereocenters. The Morgan fingerprint density at radius 3 is 2.84 bits per heavy atom. The highest BCUT2D eigenvalue weighted by Gasteiger charge is 2.31. The van der Waals surface area contributed by atoms with Gasteiger partial charge in [-0.1, -0.05) is 0 Å². The number of Topliss-reactive ketones (excluding diaryl/α,β-unsaturated/α-hetero) is 1. The van der Waals surface area contributed by atoms with Crippen LogP contribution >= 0.6 is 0 Å². The van der Waals surface area contributed by atoms with Crippen molar-refractivity contribution in [3.63, 3.8) is 0 Å². The Labute approximate surface area is 112 Å². The molecule has 0 amide bonds. The normalized spacial score (nSPS) is 21.0. The fraction of sp³-hybridized carbons (Fsp3) is 0.500. The van der Waals surface area contributed by atoms with Crippen molar-refractivity contribution < 1.29 is 14.6 Å². The van der Waals surface area contributed by atoms with E-state index in [0.29, 0.717) is 11.3 Å². The Hall–Kier alpha value is -1.59. The molecule has 2 heterocycles. The summed E-state index contributed by atoms with van der Waals surface area (Å²) >= 11 is 0. The number of phenolic OH excluding ortho intramolecular Hbond substituents is 1. The van der Waals surface area contributed by atoms with Gasteiger partial charge in [0.2, 0.25) is 5.78 Å². The molecule has 0 bridgehead atoms. The van der Waals surface area contributed by atoms with Crippen LogP contribution in [0.3, 0.4) is 0 Å². The molecule has 102 valence electrons. The molecule has 2 aliphatic heterocycles.